The predicted octanol–water partition coefficient (Wildman–Crippen LogP) is 4.29. The third kappa shape index (κ3) is 1.88. The fourth-order valence-corrected chi connectivity index (χ4v) is 5.84. The Morgan fingerprint density at radius 3 is 2.79 bits per heavy atom. The van der Waals surface area contributed by atoms with Crippen LogP contribution < -0.4 is 0 Å². The van der Waals surface area contributed by atoms with Crippen molar-refractivity contribution in [3.8, 4) is 0 Å². The number of benzene rings is 2. The van der Waals surface area contributed by atoms with Crippen molar-refractivity contribution in [2.45, 2.75) is 37.3 Å². The van der Waals surface area contributed by atoms with Crippen LogP contribution in [0.15, 0.2) is 36.4 Å². The van der Waals surface area contributed by atoms with Crippen LogP contribution in [0.2, 0.25) is 12.1 Å². The minimum atomic E-state index is 0.300. The highest BCUT2D eigenvalue weighted by Gasteiger charge is 2.20. The molecule has 0 saturated carbocycles. The molecule has 96 valence electrons. The first-order valence-electron chi connectivity index (χ1n) is 7.64. The first kappa shape index (κ1) is 11.5. The number of allylic oxidation sites excluding steroid dienone is 1. The number of hydrogen-bond donors (Lipinski definition) is 0. The Morgan fingerprint density at radius 1 is 1.00 bits per heavy atom. The van der Waals surface area contributed by atoms with E-state index in [1.807, 2.05) is 0 Å². The monoisotopic (exact) mass is 264 g/mol. The van der Waals surface area contributed by atoms with Crippen LogP contribution >= 0.6 is 0 Å². The van der Waals surface area contributed by atoms with Gasteiger partial charge in [0.2, 0.25) is 0 Å². The Hall–Kier alpha value is -1.34. The summed E-state index contributed by atoms with van der Waals surface area (Å²) < 4.78 is 0. The van der Waals surface area contributed by atoms with Crippen molar-refractivity contribution in [2.24, 2.45) is 0 Å². The minimum Gasteiger partial charge on any atom is -0.0795 e. The van der Waals surface area contributed by atoms with Crippen molar-refractivity contribution in [3.05, 3.63) is 53.1 Å². The average molecular weight is 264 g/mol. The van der Waals surface area contributed by atoms with E-state index in [-0.39, 0.29) is 0 Å². The van der Waals surface area contributed by atoms with E-state index in [0.717, 1.165) is 12.3 Å². The maximum absolute atomic E-state index is 2.41. The van der Waals surface area contributed by atoms with Gasteiger partial charge in [-0.2, -0.15) is 0 Å². The number of hydrogen-bond acceptors (Lipinski definition) is 0. The molecule has 0 bridgehead atoms. The average Bonchev–Trinajstić information content (AvgIpc) is 2.49. The van der Waals surface area contributed by atoms with E-state index in [1.165, 1.54) is 34.7 Å². The van der Waals surface area contributed by atoms with Gasteiger partial charge in [0.05, 0.1) is 0 Å². The molecule has 19 heavy (non-hydrogen) atoms. The van der Waals surface area contributed by atoms with Crippen LogP contribution in [0.25, 0.3) is 16.8 Å². The molecule has 0 radical (unpaired) electrons. The molecule has 2 aromatic carbocycles. The van der Waals surface area contributed by atoms with Crippen LogP contribution in [-0.2, 0) is 6.42 Å². The molecule has 0 nitrogen and oxygen atoms in total. The van der Waals surface area contributed by atoms with E-state index in [0.29, 0.717) is 9.52 Å². The minimum absolute atomic E-state index is 0.300. The summed E-state index contributed by atoms with van der Waals surface area (Å²) in [7, 11) is 0.300. The third-order valence-corrected chi connectivity index (χ3v) is 6.69. The van der Waals surface area contributed by atoms with Crippen molar-refractivity contribution >= 4 is 26.4 Å². The standard InChI is InChI=1S/C18H20Si/c1-3-14-5-2-6-17-16(13-9-11-19-12-10-13)8-7-15(4-1)18(14)17/h1-4,6-8,13H,5,9-12,19H2. The normalized spacial score (nSPS) is 23.1. The summed E-state index contributed by atoms with van der Waals surface area (Å²) in [6.45, 7) is 0. The van der Waals surface area contributed by atoms with Crippen molar-refractivity contribution in [1.29, 1.82) is 0 Å². The molecule has 1 heterocycles. The second-order valence-electron chi connectivity index (χ2n) is 6.03. The Labute approximate surface area is 117 Å². The van der Waals surface area contributed by atoms with Crippen LogP contribution in [0, 0.1) is 0 Å². The molecule has 0 spiro atoms. The summed E-state index contributed by atoms with van der Waals surface area (Å²) in [6.07, 6.45) is 8.72. The Balaban J connectivity index is 1.93. The van der Waals surface area contributed by atoms with Gasteiger partial charge in [-0.3, -0.25) is 0 Å². The molecule has 2 aromatic rings. The van der Waals surface area contributed by atoms with Gasteiger partial charge in [-0.25, -0.2) is 0 Å². The van der Waals surface area contributed by atoms with E-state index in [2.05, 4.69) is 42.5 Å². The second kappa shape index (κ2) is 4.64. The lowest BCUT2D eigenvalue weighted by Gasteiger charge is -2.26. The molecule has 0 atom stereocenters. The van der Waals surface area contributed by atoms with Gasteiger partial charge in [-0.1, -0.05) is 54.6 Å². The lowest BCUT2D eigenvalue weighted by Crippen LogP contribution is -2.10. The zero-order valence-electron chi connectivity index (χ0n) is 11.4. The van der Waals surface area contributed by atoms with E-state index >= 15 is 0 Å². The van der Waals surface area contributed by atoms with Gasteiger partial charge in [0, 0.05) is 9.52 Å². The summed E-state index contributed by atoms with van der Waals surface area (Å²) in [6, 6.07) is 14.6. The lowest BCUT2D eigenvalue weighted by molar-refractivity contribution is 0.615. The Morgan fingerprint density at radius 2 is 1.89 bits per heavy atom. The molecule has 0 N–H and O–H groups in total. The van der Waals surface area contributed by atoms with E-state index in [4.69, 9.17) is 0 Å². The number of rotatable bonds is 1. The van der Waals surface area contributed by atoms with Crippen molar-refractivity contribution in [1.82, 2.24) is 0 Å². The highest BCUT2D eigenvalue weighted by molar-refractivity contribution is 6.35. The van der Waals surface area contributed by atoms with E-state index in [9.17, 15) is 0 Å². The highest BCUT2D eigenvalue weighted by atomic mass is 28.2. The maximum Gasteiger partial charge on any atom is 0.0198 e. The molecular weight excluding hydrogens is 244 g/mol. The molecule has 4 rings (SSSR count). The van der Waals surface area contributed by atoms with Gasteiger partial charge in [-0.15, -0.1) is 0 Å². The largest absolute Gasteiger partial charge is 0.0795 e. The zero-order valence-corrected chi connectivity index (χ0v) is 12.8. The quantitative estimate of drug-likeness (QED) is 0.674. The Kier molecular flexibility index (Phi) is 2.81. The van der Waals surface area contributed by atoms with Crippen LogP contribution in [0.4, 0.5) is 0 Å². The molecule has 1 heteroatoms. The van der Waals surface area contributed by atoms with Gasteiger partial charge in [0.1, 0.15) is 0 Å². The summed E-state index contributed by atoms with van der Waals surface area (Å²) in [4.78, 5) is 0. The van der Waals surface area contributed by atoms with Crippen LogP contribution in [-0.4, -0.2) is 9.52 Å². The van der Waals surface area contributed by atoms with Gasteiger partial charge >= 0.3 is 0 Å². The summed E-state index contributed by atoms with van der Waals surface area (Å²) >= 11 is 0. The van der Waals surface area contributed by atoms with Crippen molar-refractivity contribution in [2.75, 3.05) is 0 Å². The van der Waals surface area contributed by atoms with Crippen LogP contribution in [0.1, 0.15) is 35.4 Å². The Bertz CT molecular complexity index is 648. The first-order chi connectivity index (χ1) is 9.43. The molecule has 1 aliphatic carbocycles. The fourth-order valence-electron chi connectivity index (χ4n) is 3.92. The van der Waals surface area contributed by atoms with Gasteiger partial charge in [0.25, 0.3) is 0 Å². The van der Waals surface area contributed by atoms with Gasteiger partial charge in [-0.05, 0) is 52.6 Å². The fraction of sp³-hybridized carbons (Fsp3) is 0.333. The molecule has 1 aliphatic heterocycles. The molecule has 0 aromatic heterocycles. The molecule has 0 amide bonds. The van der Waals surface area contributed by atoms with Gasteiger partial charge < -0.3 is 0 Å². The van der Waals surface area contributed by atoms with Crippen molar-refractivity contribution in [3.63, 3.8) is 0 Å². The van der Waals surface area contributed by atoms with E-state index in [1.54, 1.807) is 17.7 Å². The van der Waals surface area contributed by atoms with Crippen LogP contribution in [0.3, 0.4) is 0 Å². The van der Waals surface area contributed by atoms with Crippen molar-refractivity contribution < 1.29 is 0 Å². The molecule has 1 fully saturated rings. The van der Waals surface area contributed by atoms with Gasteiger partial charge in [0.15, 0.2) is 0 Å². The smallest absolute Gasteiger partial charge is 0.0198 e. The predicted molar refractivity (Wildman–Crippen MR) is 86.8 cm³/mol. The lowest BCUT2D eigenvalue weighted by atomic mass is 9.83. The SMILES string of the molecule is C1=Cc2c(C3CC[SiH2]CC3)ccc3cccc(c23)C1. The van der Waals surface area contributed by atoms with Crippen LogP contribution in [0.5, 0.6) is 0 Å². The topological polar surface area (TPSA) is 0 Å². The molecule has 1 saturated heterocycles. The first-order valence-corrected chi connectivity index (χ1v) is 9.64. The molecular formula is C18H20Si. The second-order valence-corrected chi connectivity index (χ2v) is 8.15. The van der Waals surface area contributed by atoms with E-state index < -0.39 is 0 Å². The summed E-state index contributed by atoms with van der Waals surface area (Å²) in [5.74, 6) is 0.830. The highest BCUT2D eigenvalue weighted by Crippen LogP contribution is 2.38. The molecule has 0 unspecified atom stereocenters. The summed E-state index contributed by atoms with van der Waals surface area (Å²) in [5.41, 5.74) is 4.68. The zero-order chi connectivity index (χ0) is 12.7. The maximum atomic E-state index is 2.41. The summed E-state index contributed by atoms with van der Waals surface area (Å²) in [5, 5.41) is 2.95. The molecule has 2 aliphatic rings. The third-order valence-electron chi connectivity index (χ3n) is 4.87.